The highest BCUT2D eigenvalue weighted by Gasteiger charge is 2.34. The molecule has 2 heterocycles. The zero-order valence-corrected chi connectivity index (χ0v) is 14.4. The van der Waals surface area contributed by atoms with Crippen LogP contribution in [0.2, 0.25) is 10.0 Å². The topological polar surface area (TPSA) is 16.1 Å². The highest BCUT2D eigenvalue weighted by atomic mass is 35.5. The van der Waals surface area contributed by atoms with Gasteiger partial charge in [0.25, 0.3) is 0 Å². The maximum atomic E-state index is 6.35. The maximum Gasteiger partial charge on any atom is 0.134 e. The molecule has 1 fully saturated rings. The van der Waals surface area contributed by atoms with E-state index in [1.807, 2.05) is 48.2 Å². The van der Waals surface area contributed by atoms with Gasteiger partial charge in [0, 0.05) is 27.1 Å². The third-order valence-corrected chi connectivity index (χ3v) is 5.62. The van der Waals surface area contributed by atoms with E-state index in [0.29, 0.717) is 10.0 Å². The first-order valence-electron chi connectivity index (χ1n) is 6.39. The Balaban J connectivity index is 2.08. The molecule has 0 saturated carbocycles. The lowest BCUT2D eigenvalue weighted by Crippen LogP contribution is -2.27. The van der Waals surface area contributed by atoms with Gasteiger partial charge in [-0.2, -0.15) is 0 Å². The van der Waals surface area contributed by atoms with Crippen LogP contribution in [0.4, 0.5) is 5.82 Å². The lowest BCUT2D eigenvalue weighted by Gasteiger charge is -2.26. The molecule has 1 saturated heterocycles. The summed E-state index contributed by atoms with van der Waals surface area (Å²) in [7, 11) is 0. The molecule has 3 rings (SSSR count). The van der Waals surface area contributed by atoms with Crippen molar-refractivity contribution in [1.82, 2.24) is 4.98 Å². The van der Waals surface area contributed by atoms with Crippen molar-refractivity contribution in [2.24, 2.45) is 0 Å². The van der Waals surface area contributed by atoms with Crippen molar-refractivity contribution >= 4 is 58.0 Å². The molecule has 1 aromatic carbocycles. The fraction of sp³-hybridized carbons (Fsp3) is 0.200. The van der Waals surface area contributed by atoms with E-state index in [1.165, 1.54) is 0 Å². The van der Waals surface area contributed by atoms with Crippen LogP contribution in [0.15, 0.2) is 36.4 Å². The Kier molecular flexibility index (Phi) is 4.41. The highest BCUT2D eigenvalue weighted by molar-refractivity contribution is 8.02. The Morgan fingerprint density at radius 3 is 2.52 bits per heavy atom. The van der Waals surface area contributed by atoms with E-state index in [4.69, 9.17) is 35.4 Å². The van der Waals surface area contributed by atoms with Gasteiger partial charge in [0.2, 0.25) is 0 Å². The Hall–Kier alpha value is -0.810. The number of hydrogen-bond acceptors (Lipinski definition) is 3. The summed E-state index contributed by atoms with van der Waals surface area (Å²) >= 11 is 19.9. The first-order valence-corrected chi connectivity index (χ1v) is 8.60. The van der Waals surface area contributed by atoms with E-state index in [0.717, 1.165) is 27.8 Å². The SMILES string of the molecule is Cc1cccc(N2C(=S)CSC2c2c(Cl)cccc2Cl)n1. The molecule has 0 amide bonds. The molecule has 0 spiro atoms. The number of thiocarbonyl (C=S) groups is 1. The average molecular weight is 355 g/mol. The monoisotopic (exact) mass is 354 g/mol. The van der Waals surface area contributed by atoms with Gasteiger partial charge in [-0.05, 0) is 31.2 Å². The number of aromatic nitrogens is 1. The summed E-state index contributed by atoms with van der Waals surface area (Å²) in [5.74, 6) is 1.60. The summed E-state index contributed by atoms with van der Waals surface area (Å²) in [6.45, 7) is 1.97. The Bertz CT molecular complexity index is 686. The van der Waals surface area contributed by atoms with Gasteiger partial charge in [0.1, 0.15) is 11.2 Å². The second kappa shape index (κ2) is 6.13. The van der Waals surface area contributed by atoms with Crippen molar-refractivity contribution < 1.29 is 0 Å². The van der Waals surface area contributed by atoms with Crippen LogP contribution in [0, 0.1) is 6.92 Å². The Labute approximate surface area is 143 Å². The predicted octanol–water partition coefficient (Wildman–Crippen LogP) is 5.28. The first kappa shape index (κ1) is 15.1. The van der Waals surface area contributed by atoms with Gasteiger partial charge in [-0.15, -0.1) is 11.8 Å². The zero-order valence-electron chi connectivity index (χ0n) is 11.2. The summed E-state index contributed by atoms with van der Waals surface area (Å²) in [6.07, 6.45) is 0. The molecule has 0 N–H and O–H groups in total. The fourth-order valence-corrected chi connectivity index (χ4v) is 4.74. The van der Waals surface area contributed by atoms with E-state index in [9.17, 15) is 0 Å². The molecule has 6 heteroatoms. The van der Waals surface area contributed by atoms with Crippen molar-refractivity contribution in [1.29, 1.82) is 0 Å². The molecule has 0 aliphatic carbocycles. The molecule has 1 aromatic heterocycles. The molecular formula is C15H12Cl2N2S2. The van der Waals surface area contributed by atoms with Gasteiger partial charge in [-0.1, -0.05) is 47.6 Å². The van der Waals surface area contributed by atoms with E-state index < -0.39 is 0 Å². The molecule has 0 bridgehead atoms. The third kappa shape index (κ3) is 2.90. The number of nitrogens with zero attached hydrogens (tertiary/aromatic N) is 2. The summed E-state index contributed by atoms with van der Waals surface area (Å²) in [6, 6.07) is 11.5. The molecule has 0 radical (unpaired) electrons. The number of anilines is 1. The van der Waals surface area contributed by atoms with Crippen LogP contribution in [-0.2, 0) is 0 Å². The number of benzene rings is 1. The summed E-state index contributed by atoms with van der Waals surface area (Å²) in [5, 5.41) is 1.28. The van der Waals surface area contributed by atoms with E-state index in [1.54, 1.807) is 11.8 Å². The summed E-state index contributed by atoms with van der Waals surface area (Å²) in [5.41, 5.74) is 1.85. The maximum absolute atomic E-state index is 6.35. The minimum absolute atomic E-state index is 0.0343. The highest BCUT2D eigenvalue weighted by Crippen LogP contribution is 2.46. The lowest BCUT2D eigenvalue weighted by atomic mass is 10.2. The van der Waals surface area contributed by atoms with Crippen molar-refractivity contribution in [2.45, 2.75) is 12.3 Å². The molecular weight excluding hydrogens is 343 g/mol. The number of thioether (sulfide) groups is 1. The molecule has 1 unspecified atom stereocenters. The standard InChI is InChI=1S/C15H12Cl2N2S2/c1-9-4-2-7-12(18-9)19-13(20)8-21-15(19)14-10(16)5-3-6-11(14)17/h2-7,15H,8H2,1H3. The largest absolute Gasteiger partial charge is 0.303 e. The van der Waals surface area contributed by atoms with E-state index >= 15 is 0 Å². The number of halogens is 2. The molecule has 2 aromatic rings. The number of aryl methyl sites for hydroxylation is 1. The minimum atomic E-state index is -0.0343. The van der Waals surface area contributed by atoms with Gasteiger partial charge in [0.05, 0.1) is 4.99 Å². The van der Waals surface area contributed by atoms with Gasteiger partial charge < -0.3 is 4.90 Å². The van der Waals surface area contributed by atoms with Crippen molar-refractivity contribution in [3.8, 4) is 0 Å². The summed E-state index contributed by atoms with van der Waals surface area (Å²) < 4.78 is 0. The third-order valence-electron chi connectivity index (χ3n) is 3.23. The van der Waals surface area contributed by atoms with Crippen LogP contribution in [-0.4, -0.2) is 15.7 Å². The van der Waals surface area contributed by atoms with Gasteiger partial charge in [-0.25, -0.2) is 4.98 Å². The first-order chi connectivity index (χ1) is 10.1. The molecule has 2 nitrogen and oxygen atoms in total. The zero-order chi connectivity index (χ0) is 15.0. The molecule has 1 aliphatic heterocycles. The van der Waals surface area contributed by atoms with Crippen LogP contribution >= 0.6 is 47.2 Å². The summed E-state index contributed by atoms with van der Waals surface area (Å²) in [4.78, 5) is 7.47. The average Bonchev–Trinajstić information content (AvgIpc) is 2.80. The van der Waals surface area contributed by atoms with Gasteiger partial charge in [0.15, 0.2) is 0 Å². The molecule has 108 valence electrons. The van der Waals surface area contributed by atoms with Crippen LogP contribution < -0.4 is 4.90 Å². The second-order valence-electron chi connectivity index (χ2n) is 4.70. The van der Waals surface area contributed by atoms with Crippen molar-refractivity contribution in [2.75, 3.05) is 10.7 Å². The second-order valence-corrected chi connectivity index (χ2v) is 7.05. The Morgan fingerprint density at radius 2 is 1.86 bits per heavy atom. The quantitative estimate of drug-likeness (QED) is 0.681. The van der Waals surface area contributed by atoms with Crippen LogP contribution in [0.5, 0.6) is 0 Å². The van der Waals surface area contributed by atoms with Crippen LogP contribution in [0.1, 0.15) is 16.6 Å². The lowest BCUT2D eigenvalue weighted by molar-refractivity contribution is 0.967. The van der Waals surface area contributed by atoms with Gasteiger partial charge >= 0.3 is 0 Å². The molecule has 1 aliphatic rings. The van der Waals surface area contributed by atoms with E-state index in [-0.39, 0.29) is 5.37 Å². The minimum Gasteiger partial charge on any atom is -0.303 e. The van der Waals surface area contributed by atoms with Gasteiger partial charge in [-0.3, -0.25) is 0 Å². The van der Waals surface area contributed by atoms with Crippen LogP contribution in [0.3, 0.4) is 0 Å². The number of hydrogen-bond donors (Lipinski definition) is 0. The van der Waals surface area contributed by atoms with Crippen molar-refractivity contribution in [3.63, 3.8) is 0 Å². The van der Waals surface area contributed by atoms with E-state index in [2.05, 4.69) is 4.98 Å². The molecule has 21 heavy (non-hydrogen) atoms. The van der Waals surface area contributed by atoms with Crippen molar-refractivity contribution in [3.05, 3.63) is 57.7 Å². The predicted molar refractivity (Wildman–Crippen MR) is 95.7 cm³/mol. The fourth-order valence-electron chi connectivity index (χ4n) is 2.29. The Morgan fingerprint density at radius 1 is 1.19 bits per heavy atom. The number of rotatable bonds is 2. The molecule has 1 atom stereocenters. The normalized spacial score (nSPS) is 18.3. The number of pyridine rings is 1. The smallest absolute Gasteiger partial charge is 0.134 e. The van der Waals surface area contributed by atoms with Crippen LogP contribution in [0.25, 0.3) is 0 Å².